The second-order valence-corrected chi connectivity index (χ2v) is 9.54. The van der Waals surface area contributed by atoms with E-state index in [0.717, 1.165) is 11.8 Å². The van der Waals surface area contributed by atoms with Gasteiger partial charge in [-0.15, -0.1) is 15.3 Å². The minimum atomic E-state index is -1.23. The van der Waals surface area contributed by atoms with Crippen molar-refractivity contribution in [3.63, 3.8) is 0 Å². The smallest absolute Gasteiger partial charge is 0.169 e. The second-order valence-electron chi connectivity index (χ2n) is 6.34. The lowest BCUT2D eigenvalue weighted by molar-refractivity contribution is -0.178. The first kappa shape index (κ1) is 22.2. The maximum absolute atomic E-state index is 11.0. The monoisotopic (exact) mass is 509 g/mol. The van der Waals surface area contributed by atoms with Crippen LogP contribution in [0.4, 0.5) is 0 Å². The molecule has 9 nitrogen and oxygen atoms in total. The summed E-state index contributed by atoms with van der Waals surface area (Å²) < 4.78 is 7.06. The second kappa shape index (κ2) is 9.23. The van der Waals surface area contributed by atoms with Crippen molar-refractivity contribution in [3.05, 3.63) is 38.9 Å². The zero-order valence-electron chi connectivity index (χ0n) is 14.8. The Balaban J connectivity index is 1.62. The minimum Gasteiger partial charge on any atom is -0.394 e. The highest BCUT2D eigenvalue weighted by Gasteiger charge is 2.46. The van der Waals surface area contributed by atoms with Gasteiger partial charge in [0.15, 0.2) is 5.01 Å². The van der Waals surface area contributed by atoms with E-state index in [1.54, 1.807) is 23.8 Å². The Bertz CT molecular complexity index is 1000. The summed E-state index contributed by atoms with van der Waals surface area (Å²) >= 11 is 20.6. The van der Waals surface area contributed by atoms with Crippen LogP contribution >= 0.6 is 57.9 Å². The number of rotatable bonds is 5. The number of halogens is 3. The summed E-state index contributed by atoms with van der Waals surface area (Å²) in [4.78, 5) is 0.596. The van der Waals surface area contributed by atoms with Crippen LogP contribution in [0.2, 0.25) is 15.1 Å². The van der Waals surface area contributed by atoms with Crippen molar-refractivity contribution in [3.8, 4) is 10.7 Å². The topological polar surface area (TPSA) is 126 Å². The van der Waals surface area contributed by atoms with Crippen LogP contribution in [0.25, 0.3) is 10.7 Å². The van der Waals surface area contributed by atoms with Crippen molar-refractivity contribution in [2.75, 3.05) is 6.61 Å². The van der Waals surface area contributed by atoms with E-state index in [9.17, 15) is 15.3 Å². The van der Waals surface area contributed by atoms with Gasteiger partial charge in [0.05, 0.1) is 27.9 Å². The lowest BCUT2D eigenvalue weighted by Crippen LogP contribution is -2.55. The lowest BCUT2D eigenvalue weighted by Gasteiger charge is -2.41. The van der Waals surface area contributed by atoms with Crippen LogP contribution in [-0.2, 0) is 4.74 Å². The number of aliphatic hydroxyl groups excluding tert-OH is 3. The van der Waals surface area contributed by atoms with Gasteiger partial charge in [-0.2, -0.15) is 0 Å². The quantitative estimate of drug-likeness (QED) is 0.444. The van der Waals surface area contributed by atoms with Crippen LogP contribution in [-0.4, -0.2) is 70.9 Å². The number of hydrogen-bond donors (Lipinski definition) is 3. The third-order valence-corrected chi connectivity index (χ3v) is 7.49. The van der Waals surface area contributed by atoms with E-state index in [-0.39, 0.29) is 15.1 Å². The third-order valence-electron chi connectivity index (χ3n) is 4.45. The van der Waals surface area contributed by atoms with Crippen LogP contribution in [0.5, 0.6) is 0 Å². The molecule has 1 aliphatic heterocycles. The SMILES string of the molecule is OCC1O[C@H](Sc2cc(Cl)c(Cl)c(Cl)c2)C(O)[C@@H](n2cc(-c3nncs3)nn2)[C@H]1O. The molecule has 2 aromatic heterocycles. The Morgan fingerprint density at radius 3 is 2.50 bits per heavy atom. The van der Waals surface area contributed by atoms with Crippen molar-refractivity contribution >= 4 is 57.9 Å². The zero-order valence-corrected chi connectivity index (χ0v) is 18.7. The van der Waals surface area contributed by atoms with Crippen molar-refractivity contribution in [2.24, 2.45) is 0 Å². The number of hydrogen-bond acceptors (Lipinski definition) is 10. The largest absolute Gasteiger partial charge is 0.394 e. The molecule has 30 heavy (non-hydrogen) atoms. The molecule has 1 fully saturated rings. The summed E-state index contributed by atoms with van der Waals surface area (Å²) in [6.45, 7) is -0.457. The average molecular weight is 511 g/mol. The molecule has 0 saturated carbocycles. The van der Waals surface area contributed by atoms with Gasteiger partial charge in [0.1, 0.15) is 41.0 Å². The van der Waals surface area contributed by atoms with Gasteiger partial charge in [0, 0.05) is 4.90 Å². The number of aromatic nitrogens is 5. The maximum Gasteiger partial charge on any atom is 0.169 e. The van der Waals surface area contributed by atoms with Crippen molar-refractivity contribution in [1.29, 1.82) is 0 Å². The normalized spacial score (nSPS) is 26.8. The summed E-state index contributed by atoms with van der Waals surface area (Å²) in [5.41, 5.74) is 1.14. The Labute approximate surface area is 193 Å². The van der Waals surface area contributed by atoms with Crippen molar-refractivity contribution in [1.82, 2.24) is 25.2 Å². The van der Waals surface area contributed by atoms with E-state index in [1.165, 1.54) is 16.0 Å². The van der Waals surface area contributed by atoms with E-state index < -0.39 is 36.4 Å². The summed E-state index contributed by atoms with van der Waals surface area (Å²) in [5, 5.41) is 48.4. The number of nitrogens with zero attached hydrogens (tertiary/aromatic N) is 5. The molecule has 0 spiro atoms. The standard InChI is InChI=1S/C16H14Cl3N5O4S2/c17-7-1-6(2-8(18)11(7)19)30-16-14(27)12(13(26)10(4-25)28-16)24-3-9(21-23-24)15-22-20-5-29-15/h1-3,5,10,12-14,16,25-27H,4H2/t10?,12-,13-,14?,16+/m0/s1. The Morgan fingerprint density at radius 2 is 1.87 bits per heavy atom. The molecule has 0 bridgehead atoms. The number of thioether (sulfide) groups is 1. The molecule has 14 heteroatoms. The van der Waals surface area contributed by atoms with Crippen LogP contribution in [0, 0.1) is 0 Å². The molecule has 4 rings (SSSR count). The minimum absolute atomic E-state index is 0.223. The fourth-order valence-corrected chi connectivity index (χ4v) is 5.38. The Kier molecular flexibility index (Phi) is 6.82. The lowest BCUT2D eigenvalue weighted by atomic mass is 9.97. The fraction of sp³-hybridized carbons (Fsp3) is 0.375. The number of ether oxygens (including phenoxy) is 1. The summed E-state index contributed by atoms with van der Waals surface area (Å²) in [5.74, 6) is 0. The van der Waals surface area contributed by atoms with Crippen LogP contribution < -0.4 is 0 Å². The molecule has 0 aliphatic carbocycles. The van der Waals surface area contributed by atoms with E-state index >= 15 is 0 Å². The highest BCUT2D eigenvalue weighted by molar-refractivity contribution is 7.99. The molecular weight excluding hydrogens is 497 g/mol. The summed E-state index contributed by atoms with van der Waals surface area (Å²) in [6, 6.07) is 2.25. The van der Waals surface area contributed by atoms with Gasteiger partial charge in [-0.05, 0) is 12.1 Å². The maximum atomic E-state index is 11.0. The van der Waals surface area contributed by atoms with Crippen LogP contribution in [0.3, 0.4) is 0 Å². The van der Waals surface area contributed by atoms with Crippen LogP contribution in [0.15, 0.2) is 28.7 Å². The zero-order chi connectivity index (χ0) is 21.4. The van der Waals surface area contributed by atoms with Crippen molar-refractivity contribution < 1.29 is 20.1 Å². The van der Waals surface area contributed by atoms with Gasteiger partial charge in [0.25, 0.3) is 0 Å². The number of aliphatic hydroxyl groups is 3. The third kappa shape index (κ3) is 4.31. The molecule has 3 heterocycles. The molecular formula is C16H14Cl3N5O4S2. The van der Waals surface area contributed by atoms with Gasteiger partial charge in [-0.25, -0.2) is 4.68 Å². The highest BCUT2D eigenvalue weighted by atomic mass is 35.5. The van der Waals surface area contributed by atoms with E-state index in [1.807, 2.05) is 0 Å². The van der Waals surface area contributed by atoms with Gasteiger partial charge in [-0.1, -0.05) is 63.1 Å². The van der Waals surface area contributed by atoms with E-state index in [0.29, 0.717) is 15.6 Å². The molecule has 1 saturated heterocycles. The fourth-order valence-electron chi connectivity index (χ4n) is 3.02. The molecule has 3 aromatic rings. The van der Waals surface area contributed by atoms with Gasteiger partial charge < -0.3 is 20.1 Å². The van der Waals surface area contributed by atoms with Crippen LogP contribution in [0.1, 0.15) is 6.04 Å². The Morgan fingerprint density at radius 1 is 1.13 bits per heavy atom. The van der Waals surface area contributed by atoms with Gasteiger partial charge >= 0.3 is 0 Å². The van der Waals surface area contributed by atoms with E-state index in [2.05, 4.69) is 20.5 Å². The van der Waals surface area contributed by atoms with Gasteiger partial charge in [0.2, 0.25) is 0 Å². The predicted molar refractivity (Wildman–Crippen MR) is 113 cm³/mol. The first-order valence-electron chi connectivity index (χ1n) is 8.51. The predicted octanol–water partition coefficient (Wildman–Crippen LogP) is 2.53. The van der Waals surface area contributed by atoms with Gasteiger partial charge in [-0.3, -0.25) is 0 Å². The molecule has 2 unspecified atom stereocenters. The molecule has 0 amide bonds. The highest BCUT2D eigenvalue weighted by Crippen LogP contribution is 2.41. The van der Waals surface area contributed by atoms with E-state index in [4.69, 9.17) is 39.5 Å². The molecule has 1 aliphatic rings. The Hall–Kier alpha value is -1.02. The molecule has 3 N–H and O–H groups in total. The first-order chi connectivity index (χ1) is 14.4. The average Bonchev–Trinajstić information content (AvgIpc) is 3.40. The molecule has 160 valence electrons. The molecule has 0 radical (unpaired) electrons. The number of benzene rings is 1. The molecule has 5 atom stereocenters. The summed E-state index contributed by atoms with van der Waals surface area (Å²) in [6.07, 6.45) is -1.84. The van der Waals surface area contributed by atoms with Crippen molar-refractivity contribution in [2.45, 2.75) is 34.7 Å². The molecule has 1 aromatic carbocycles. The first-order valence-corrected chi connectivity index (χ1v) is 11.4. The summed E-state index contributed by atoms with van der Waals surface area (Å²) in [7, 11) is 0.